The lowest BCUT2D eigenvalue weighted by Crippen LogP contribution is -2.14. The van der Waals surface area contributed by atoms with E-state index in [-0.39, 0.29) is 5.91 Å². The number of benzene rings is 2. The highest BCUT2D eigenvalue weighted by Gasteiger charge is 2.12. The molecule has 134 valence electrons. The van der Waals surface area contributed by atoms with Crippen LogP contribution >= 0.6 is 22.6 Å². The van der Waals surface area contributed by atoms with E-state index in [9.17, 15) is 4.79 Å². The maximum Gasteiger partial charge on any atom is 0.227 e. The van der Waals surface area contributed by atoms with E-state index in [4.69, 9.17) is 4.52 Å². The summed E-state index contributed by atoms with van der Waals surface area (Å²) < 4.78 is 6.42. The number of nitrogens with zero attached hydrogens (tertiary/aromatic N) is 2. The van der Waals surface area contributed by atoms with Crippen molar-refractivity contribution < 1.29 is 9.32 Å². The SMILES string of the molecule is Cc1cc(C)c(NC(=O)CCc2nc(-c3ccc(I)cc3)no2)c(C)c1. The van der Waals surface area contributed by atoms with E-state index in [1.165, 1.54) is 5.56 Å². The number of anilines is 1. The maximum absolute atomic E-state index is 12.3. The Balaban J connectivity index is 1.61. The molecular formula is C20H20IN3O2. The second kappa shape index (κ2) is 7.99. The Bertz CT molecular complexity index is 909. The Morgan fingerprint density at radius 1 is 1.12 bits per heavy atom. The predicted octanol–water partition coefficient (Wildman–Crippen LogP) is 4.84. The Labute approximate surface area is 166 Å². The van der Waals surface area contributed by atoms with Crippen LogP contribution in [0.15, 0.2) is 40.9 Å². The van der Waals surface area contributed by atoms with Gasteiger partial charge < -0.3 is 9.84 Å². The molecule has 0 unspecified atom stereocenters. The largest absolute Gasteiger partial charge is 0.339 e. The van der Waals surface area contributed by atoms with Gasteiger partial charge >= 0.3 is 0 Å². The van der Waals surface area contributed by atoms with Crippen LogP contribution in [0.4, 0.5) is 5.69 Å². The van der Waals surface area contributed by atoms with Crippen LogP contribution < -0.4 is 5.32 Å². The lowest BCUT2D eigenvalue weighted by atomic mass is 10.0. The molecule has 0 aliphatic carbocycles. The number of aryl methyl sites for hydroxylation is 4. The zero-order valence-corrected chi connectivity index (χ0v) is 17.1. The van der Waals surface area contributed by atoms with E-state index in [1.54, 1.807) is 0 Å². The third-order valence-electron chi connectivity index (χ3n) is 4.08. The molecular weight excluding hydrogens is 441 g/mol. The van der Waals surface area contributed by atoms with Crippen molar-refractivity contribution in [1.29, 1.82) is 0 Å². The van der Waals surface area contributed by atoms with E-state index in [0.717, 1.165) is 25.9 Å². The number of hydrogen-bond donors (Lipinski definition) is 1. The van der Waals surface area contributed by atoms with Crippen molar-refractivity contribution in [2.45, 2.75) is 33.6 Å². The Kier molecular flexibility index (Phi) is 5.70. The highest BCUT2D eigenvalue weighted by atomic mass is 127. The summed E-state index contributed by atoms with van der Waals surface area (Å²) in [4.78, 5) is 16.7. The molecule has 0 fully saturated rings. The van der Waals surface area contributed by atoms with Crippen molar-refractivity contribution in [3.8, 4) is 11.4 Å². The molecule has 5 nitrogen and oxygen atoms in total. The van der Waals surface area contributed by atoms with E-state index in [0.29, 0.717) is 24.6 Å². The lowest BCUT2D eigenvalue weighted by Gasteiger charge is -2.12. The van der Waals surface area contributed by atoms with Gasteiger partial charge in [0.25, 0.3) is 0 Å². The predicted molar refractivity (Wildman–Crippen MR) is 110 cm³/mol. The summed E-state index contributed by atoms with van der Waals surface area (Å²) in [6.45, 7) is 6.05. The van der Waals surface area contributed by atoms with Crippen molar-refractivity contribution in [3.63, 3.8) is 0 Å². The van der Waals surface area contributed by atoms with Gasteiger partial charge in [0.2, 0.25) is 17.6 Å². The topological polar surface area (TPSA) is 68.0 Å². The molecule has 0 aliphatic heterocycles. The first kappa shape index (κ1) is 18.6. The number of carbonyl (C=O) groups is 1. The molecule has 2 aromatic carbocycles. The maximum atomic E-state index is 12.3. The summed E-state index contributed by atoms with van der Waals surface area (Å²) in [5, 5.41) is 6.99. The molecule has 0 aliphatic rings. The number of rotatable bonds is 5. The fraction of sp³-hybridized carbons (Fsp3) is 0.250. The van der Waals surface area contributed by atoms with Crippen LogP contribution in [-0.2, 0) is 11.2 Å². The monoisotopic (exact) mass is 461 g/mol. The van der Waals surface area contributed by atoms with Crippen LogP contribution in [0.2, 0.25) is 0 Å². The van der Waals surface area contributed by atoms with Gasteiger partial charge in [0.05, 0.1) is 0 Å². The van der Waals surface area contributed by atoms with Gasteiger partial charge in [0.1, 0.15) is 0 Å². The summed E-state index contributed by atoms with van der Waals surface area (Å²) in [6, 6.07) is 12.0. The van der Waals surface area contributed by atoms with Crippen LogP contribution in [0.5, 0.6) is 0 Å². The molecule has 0 radical (unpaired) electrons. The molecule has 0 saturated carbocycles. The molecule has 0 saturated heterocycles. The second-order valence-corrected chi connectivity index (χ2v) is 7.59. The summed E-state index contributed by atoms with van der Waals surface area (Å²) >= 11 is 2.25. The van der Waals surface area contributed by atoms with Gasteiger partial charge in [-0.15, -0.1) is 0 Å². The van der Waals surface area contributed by atoms with E-state index < -0.39 is 0 Å². The van der Waals surface area contributed by atoms with Gasteiger partial charge in [0, 0.05) is 27.7 Å². The quantitative estimate of drug-likeness (QED) is 0.553. The second-order valence-electron chi connectivity index (χ2n) is 6.34. The highest BCUT2D eigenvalue weighted by molar-refractivity contribution is 14.1. The molecule has 1 aromatic heterocycles. The Morgan fingerprint density at radius 3 is 2.42 bits per heavy atom. The minimum absolute atomic E-state index is 0.0610. The van der Waals surface area contributed by atoms with E-state index >= 15 is 0 Å². The number of nitrogens with one attached hydrogen (secondary N) is 1. The third-order valence-corrected chi connectivity index (χ3v) is 4.80. The Hall–Kier alpha value is -2.22. The van der Waals surface area contributed by atoms with Crippen molar-refractivity contribution in [2.24, 2.45) is 0 Å². The molecule has 6 heteroatoms. The van der Waals surface area contributed by atoms with Crippen molar-refractivity contribution >= 4 is 34.2 Å². The fourth-order valence-corrected chi connectivity index (χ4v) is 3.23. The molecule has 1 N–H and O–H groups in total. The van der Waals surface area contributed by atoms with Crippen molar-refractivity contribution in [1.82, 2.24) is 10.1 Å². The average molecular weight is 461 g/mol. The summed E-state index contributed by atoms with van der Waals surface area (Å²) in [7, 11) is 0. The van der Waals surface area contributed by atoms with Crippen LogP contribution in [0, 0.1) is 24.3 Å². The van der Waals surface area contributed by atoms with E-state index in [2.05, 4.69) is 50.2 Å². The first-order valence-electron chi connectivity index (χ1n) is 8.38. The van der Waals surface area contributed by atoms with Crippen molar-refractivity contribution in [3.05, 3.63) is 62.5 Å². The van der Waals surface area contributed by atoms with Gasteiger partial charge in [-0.1, -0.05) is 35.0 Å². The summed E-state index contributed by atoms with van der Waals surface area (Å²) in [5.74, 6) is 0.946. The number of carbonyl (C=O) groups excluding carboxylic acids is 1. The zero-order chi connectivity index (χ0) is 18.7. The molecule has 26 heavy (non-hydrogen) atoms. The first-order valence-corrected chi connectivity index (χ1v) is 9.46. The standard InChI is InChI=1S/C20H20IN3O2/c1-12-10-13(2)19(14(3)11-12)22-17(25)8-9-18-23-20(24-26-18)15-4-6-16(21)7-5-15/h4-7,10-11H,8-9H2,1-3H3,(H,22,25). The molecule has 0 spiro atoms. The van der Waals surface area contributed by atoms with Gasteiger partial charge in [-0.3, -0.25) is 4.79 Å². The third kappa shape index (κ3) is 4.49. The molecule has 3 aromatic rings. The van der Waals surface area contributed by atoms with Crippen LogP contribution in [-0.4, -0.2) is 16.0 Å². The van der Waals surface area contributed by atoms with Gasteiger partial charge in [-0.2, -0.15) is 4.98 Å². The molecule has 3 rings (SSSR count). The highest BCUT2D eigenvalue weighted by Crippen LogP contribution is 2.22. The van der Waals surface area contributed by atoms with E-state index in [1.807, 2.05) is 45.0 Å². The first-order chi connectivity index (χ1) is 12.4. The lowest BCUT2D eigenvalue weighted by molar-refractivity contribution is -0.116. The minimum Gasteiger partial charge on any atom is -0.339 e. The molecule has 0 atom stereocenters. The number of halogens is 1. The van der Waals surface area contributed by atoms with Gasteiger partial charge in [-0.05, 0) is 66.6 Å². The molecule has 0 bridgehead atoms. The number of amides is 1. The normalized spacial score (nSPS) is 10.8. The van der Waals surface area contributed by atoms with Crippen molar-refractivity contribution in [2.75, 3.05) is 5.32 Å². The number of hydrogen-bond acceptors (Lipinski definition) is 4. The van der Waals surface area contributed by atoms with Gasteiger partial charge in [0.15, 0.2) is 0 Å². The van der Waals surface area contributed by atoms with Gasteiger partial charge in [-0.25, -0.2) is 0 Å². The summed E-state index contributed by atoms with van der Waals surface area (Å²) in [5.41, 5.74) is 5.10. The minimum atomic E-state index is -0.0610. The zero-order valence-electron chi connectivity index (χ0n) is 15.0. The van der Waals surface area contributed by atoms with Crippen LogP contribution in [0.25, 0.3) is 11.4 Å². The molecule has 1 heterocycles. The smallest absolute Gasteiger partial charge is 0.227 e. The average Bonchev–Trinajstić information content (AvgIpc) is 3.06. The van der Waals surface area contributed by atoms with Crippen LogP contribution in [0.1, 0.15) is 29.0 Å². The Morgan fingerprint density at radius 2 is 1.77 bits per heavy atom. The van der Waals surface area contributed by atoms with Crippen LogP contribution in [0.3, 0.4) is 0 Å². The number of aromatic nitrogens is 2. The fourth-order valence-electron chi connectivity index (χ4n) is 2.87. The molecule has 1 amide bonds. The summed E-state index contributed by atoms with van der Waals surface area (Å²) in [6.07, 6.45) is 0.703.